The molecule has 0 aromatic heterocycles. The first kappa shape index (κ1) is 16.5. The van der Waals surface area contributed by atoms with E-state index in [1.165, 1.54) is 0 Å². The van der Waals surface area contributed by atoms with Crippen LogP contribution in [-0.4, -0.2) is 50.8 Å². The van der Waals surface area contributed by atoms with Crippen molar-refractivity contribution < 1.29 is 14.3 Å². The van der Waals surface area contributed by atoms with Crippen molar-refractivity contribution in [1.29, 1.82) is 0 Å². The number of anilines is 1. The molecule has 5 heteroatoms. The second-order valence-corrected chi connectivity index (χ2v) is 4.76. The lowest BCUT2D eigenvalue weighted by molar-refractivity contribution is -0.134. The highest BCUT2D eigenvalue weighted by Gasteiger charge is 2.20. The van der Waals surface area contributed by atoms with Gasteiger partial charge in [0.1, 0.15) is 0 Å². The van der Waals surface area contributed by atoms with Gasteiger partial charge in [-0.05, 0) is 18.6 Å². The Labute approximate surface area is 120 Å². The minimum atomic E-state index is 0.00702. The highest BCUT2D eigenvalue weighted by Crippen LogP contribution is 2.13. The Kier molecular flexibility index (Phi) is 7.04. The summed E-state index contributed by atoms with van der Waals surface area (Å²) in [5, 5.41) is 0. The van der Waals surface area contributed by atoms with Crippen LogP contribution in [0, 0.1) is 0 Å². The molecule has 2 N–H and O–H groups in total. The lowest BCUT2D eigenvalue weighted by atomic mass is 10.1. The molecule has 0 saturated carbocycles. The van der Waals surface area contributed by atoms with E-state index < -0.39 is 0 Å². The molecule has 0 aliphatic heterocycles. The Bertz CT molecular complexity index is 423. The second-order valence-electron chi connectivity index (χ2n) is 4.76. The summed E-state index contributed by atoms with van der Waals surface area (Å²) in [5.74, 6) is 0.0319. The van der Waals surface area contributed by atoms with Crippen LogP contribution >= 0.6 is 0 Å². The monoisotopic (exact) mass is 280 g/mol. The summed E-state index contributed by atoms with van der Waals surface area (Å²) in [6.45, 7) is 3.52. The highest BCUT2D eigenvalue weighted by molar-refractivity contribution is 5.80. The minimum Gasteiger partial charge on any atom is -0.398 e. The molecule has 0 fully saturated rings. The molecular formula is C15H24N2O3. The van der Waals surface area contributed by atoms with Crippen molar-refractivity contribution in [2.75, 3.05) is 39.7 Å². The maximum Gasteiger partial charge on any atom is 0.227 e. The zero-order valence-electron chi connectivity index (χ0n) is 12.5. The van der Waals surface area contributed by atoms with E-state index in [4.69, 9.17) is 15.2 Å². The van der Waals surface area contributed by atoms with Gasteiger partial charge >= 0.3 is 0 Å². The summed E-state index contributed by atoms with van der Waals surface area (Å²) < 4.78 is 10.2. The van der Waals surface area contributed by atoms with Gasteiger partial charge in [0.25, 0.3) is 0 Å². The van der Waals surface area contributed by atoms with Crippen LogP contribution in [-0.2, 0) is 20.7 Å². The van der Waals surface area contributed by atoms with Gasteiger partial charge in [0, 0.05) is 26.5 Å². The third-order valence-corrected chi connectivity index (χ3v) is 3.19. The number of amides is 1. The van der Waals surface area contributed by atoms with E-state index in [-0.39, 0.29) is 11.9 Å². The molecule has 1 rings (SSSR count). The van der Waals surface area contributed by atoms with Gasteiger partial charge in [-0.3, -0.25) is 4.79 Å². The number of hydrogen-bond acceptors (Lipinski definition) is 4. The third kappa shape index (κ3) is 4.83. The van der Waals surface area contributed by atoms with Crippen LogP contribution in [0.4, 0.5) is 5.69 Å². The molecule has 1 atom stereocenters. The van der Waals surface area contributed by atoms with E-state index >= 15 is 0 Å². The average Bonchev–Trinajstić information content (AvgIpc) is 2.42. The first-order chi connectivity index (χ1) is 9.60. The molecule has 20 heavy (non-hydrogen) atoms. The van der Waals surface area contributed by atoms with E-state index in [1.54, 1.807) is 25.2 Å². The fraction of sp³-hybridized carbons (Fsp3) is 0.533. The first-order valence-electron chi connectivity index (χ1n) is 6.70. The van der Waals surface area contributed by atoms with Crippen molar-refractivity contribution in [2.24, 2.45) is 0 Å². The molecule has 0 bridgehead atoms. The predicted molar refractivity (Wildman–Crippen MR) is 79.5 cm³/mol. The van der Waals surface area contributed by atoms with Gasteiger partial charge in [0.2, 0.25) is 5.91 Å². The van der Waals surface area contributed by atoms with E-state index in [0.717, 1.165) is 5.56 Å². The molecule has 112 valence electrons. The van der Waals surface area contributed by atoms with E-state index in [2.05, 4.69) is 0 Å². The molecular weight excluding hydrogens is 256 g/mol. The quantitative estimate of drug-likeness (QED) is 0.729. The summed E-state index contributed by atoms with van der Waals surface area (Å²) in [4.78, 5) is 14.2. The van der Waals surface area contributed by atoms with Gasteiger partial charge in [-0.1, -0.05) is 18.2 Å². The Morgan fingerprint density at radius 2 is 2.00 bits per heavy atom. The second kappa shape index (κ2) is 8.55. The summed E-state index contributed by atoms with van der Waals surface area (Å²) >= 11 is 0. The van der Waals surface area contributed by atoms with E-state index in [1.807, 2.05) is 25.1 Å². The maximum absolute atomic E-state index is 12.4. The van der Waals surface area contributed by atoms with E-state index in [0.29, 0.717) is 31.9 Å². The zero-order chi connectivity index (χ0) is 15.0. The number of methoxy groups -OCH3 is 2. The number of hydrogen-bond donors (Lipinski definition) is 1. The summed E-state index contributed by atoms with van der Waals surface area (Å²) in [7, 11) is 3.25. The minimum absolute atomic E-state index is 0.00702. The smallest absolute Gasteiger partial charge is 0.227 e. The number of nitrogen functional groups attached to an aromatic ring is 1. The van der Waals surface area contributed by atoms with Crippen LogP contribution in [0.5, 0.6) is 0 Å². The third-order valence-electron chi connectivity index (χ3n) is 3.19. The van der Waals surface area contributed by atoms with Gasteiger partial charge in [-0.25, -0.2) is 0 Å². The SMILES string of the molecule is COCCN(C(=O)Cc1ccccc1N)C(C)COC. The van der Waals surface area contributed by atoms with Crippen molar-refractivity contribution in [3.05, 3.63) is 29.8 Å². The number of para-hydroxylation sites is 1. The molecule has 0 aliphatic carbocycles. The number of benzene rings is 1. The molecule has 1 aromatic carbocycles. The van der Waals surface area contributed by atoms with Crippen molar-refractivity contribution in [3.8, 4) is 0 Å². The molecule has 1 aromatic rings. The van der Waals surface area contributed by atoms with Gasteiger partial charge in [-0.2, -0.15) is 0 Å². The summed E-state index contributed by atoms with van der Waals surface area (Å²) in [5.41, 5.74) is 7.38. The fourth-order valence-electron chi connectivity index (χ4n) is 2.07. The Morgan fingerprint density at radius 3 is 2.60 bits per heavy atom. The number of carbonyl (C=O) groups excluding carboxylic acids is 1. The molecule has 0 spiro atoms. The number of ether oxygens (including phenoxy) is 2. The maximum atomic E-state index is 12.4. The lowest BCUT2D eigenvalue weighted by Gasteiger charge is -2.29. The molecule has 0 saturated heterocycles. The van der Waals surface area contributed by atoms with Crippen LogP contribution in [0.2, 0.25) is 0 Å². The van der Waals surface area contributed by atoms with Crippen LogP contribution in [0.1, 0.15) is 12.5 Å². The van der Waals surface area contributed by atoms with Gasteiger partial charge < -0.3 is 20.1 Å². The fourth-order valence-corrected chi connectivity index (χ4v) is 2.07. The Hall–Kier alpha value is -1.59. The van der Waals surface area contributed by atoms with Crippen molar-refractivity contribution in [2.45, 2.75) is 19.4 Å². The van der Waals surface area contributed by atoms with Crippen molar-refractivity contribution >= 4 is 11.6 Å². The zero-order valence-corrected chi connectivity index (χ0v) is 12.5. The molecule has 5 nitrogen and oxygen atoms in total. The van der Waals surface area contributed by atoms with Crippen LogP contribution in [0.3, 0.4) is 0 Å². The van der Waals surface area contributed by atoms with Gasteiger partial charge in [0.15, 0.2) is 0 Å². The summed E-state index contributed by atoms with van der Waals surface area (Å²) in [6, 6.07) is 7.44. The average molecular weight is 280 g/mol. The van der Waals surface area contributed by atoms with Crippen LogP contribution in [0.15, 0.2) is 24.3 Å². The molecule has 1 unspecified atom stereocenters. The van der Waals surface area contributed by atoms with Crippen molar-refractivity contribution in [1.82, 2.24) is 4.90 Å². The van der Waals surface area contributed by atoms with Gasteiger partial charge in [-0.15, -0.1) is 0 Å². The standard InChI is InChI=1S/C15H24N2O3/c1-12(11-20-3)17(8-9-19-2)15(18)10-13-6-4-5-7-14(13)16/h4-7,12H,8-11,16H2,1-3H3. The largest absolute Gasteiger partial charge is 0.398 e. The molecule has 0 radical (unpaired) electrons. The normalized spacial score (nSPS) is 12.2. The number of nitrogens with two attached hydrogens (primary N) is 1. The topological polar surface area (TPSA) is 64.8 Å². The van der Waals surface area contributed by atoms with Crippen LogP contribution in [0.25, 0.3) is 0 Å². The predicted octanol–water partition coefficient (Wildman–Crippen LogP) is 1.32. The number of nitrogens with zero attached hydrogens (tertiary/aromatic N) is 1. The molecule has 0 aliphatic rings. The Balaban J connectivity index is 2.74. The lowest BCUT2D eigenvalue weighted by Crippen LogP contribution is -2.43. The Morgan fingerprint density at radius 1 is 1.30 bits per heavy atom. The number of carbonyl (C=O) groups is 1. The highest BCUT2D eigenvalue weighted by atomic mass is 16.5. The first-order valence-corrected chi connectivity index (χ1v) is 6.70. The van der Waals surface area contributed by atoms with Gasteiger partial charge in [0.05, 0.1) is 25.7 Å². The molecule has 1 amide bonds. The summed E-state index contributed by atoms with van der Waals surface area (Å²) in [6.07, 6.45) is 0.296. The van der Waals surface area contributed by atoms with Crippen LogP contribution < -0.4 is 5.73 Å². The number of rotatable bonds is 8. The van der Waals surface area contributed by atoms with E-state index in [9.17, 15) is 4.79 Å². The van der Waals surface area contributed by atoms with Crippen molar-refractivity contribution in [3.63, 3.8) is 0 Å². The molecule has 0 heterocycles.